The number of anilines is 1. The molecule has 3 rings (SSSR count). The maximum atomic E-state index is 12.0. The number of carbonyl (C=O) groups is 1. The highest BCUT2D eigenvalue weighted by atomic mass is 16.3. The minimum absolute atomic E-state index is 0.0347. The number of nitrogens with zero attached hydrogens (tertiary/aromatic N) is 3. The van der Waals surface area contributed by atoms with E-state index in [4.69, 9.17) is 0 Å². The van der Waals surface area contributed by atoms with Crippen LogP contribution in [0.15, 0.2) is 22.2 Å². The number of nitroso groups, excluding NO2 is 1. The third-order valence-corrected chi connectivity index (χ3v) is 4.27. The van der Waals surface area contributed by atoms with Gasteiger partial charge in [-0.15, -0.1) is 4.91 Å². The predicted octanol–water partition coefficient (Wildman–Crippen LogP) is 2.02. The molecule has 1 aromatic heterocycles. The van der Waals surface area contributed by atoms with Crippen molar-refractivity contribution in [3.05, 3.63) is 38.5 Å². The molecule has 1 aliphatic heterocycles. The Balaban J connectivity index is 2.54. The highest BCUT2D eigenvalue weighted by Crippen LogP contribution is 2.45. The second kappa shape index (κ2) is 4.66. The lowest BCUT2D eigenvalue weighted by Gasteiger charge is -2.31. The van der Waals surface area contributed by atoms with Crippen molar-refractivity contribution in [2.45, 2.75) is 26.2 Å². The van der Waals surface area contributed by atoms with E-state index in [1.54, 1.807) is 14.0 Å². The molecule has 0 radical (unpaired) electrons. The number of fused-ring (bicyclic) bond motifs is 2. The smallest absolute Gasteiger partial charge is 0.274 e. The van der Waals surface area contributed by atoms with E-state index in [0.29, 0.717) is 27.7 Å². The van der Waals surface area contributed by atoms with Crippen LogP contribution in [0.3, 0.4) is 0 Å². The van der Waals surface area contributed by atoms with Gasteiger partial charge >= 0.3 is 0 Å². The number of rotatable bonds is 1. The zero-order valence-corrected chi connectivity index (χ0v) is 12.5. The Kier molecular flexibility index (Phi) is 3.01. The normalized spacial score (nSPS) is 17.7. The molecule has 7 nitrogen and oxygen atoms in total. The van der Waals surface area contributed by atoms with E-state index in [1.807, 2.05) is 13.0 Å². The second-order valence-electron chi connectivity index (χ2n) is 5.68. The number of pyridine rings is 1. The fraction of sp³-hybridized carbons (Fsp3) is 0.333. The van der Waals surface area contributed by atoms with Crippen LogP contribution in [0.25, 0.3) is 10.9 Å². The summed E-state index contributed by atoms with van der Waals surface area (Å²) in [5.41, 5.74) is 1.20. The summed E-state index contributed by atoms with van der Waals surface area (Å²) < 4.78 is 0.621. The molecule has 1 aromatic carbocycles. The molecule has 0 bridgehead atoms. The van der Waals surface area contributed by atoms with Gasteiger partial charge in [0.05, 0.1) is 11.0 Å². The average molecular weight is 301 g/mol. The molecule has 1 atom stereocenters. The van der Waals surface area contributed by atoms with Crippen LogP contribution in [-0.2, 0) is 4.79 Å². The van der Waals surface area contributed by atoms with Crippen LogP contribution in [0, 0.1) is 11.8 Å². The molecule has 2 aromatic rings. The van der Waals surface area contributed by atoms with Gasteiger partial charge in [0.1, 0.15) is 5.52 Å². The van der Waals surface area contributed by atoms with Gasteiger partial charge in [-0.2, -0.15) is 4.68 Å². The zero-order valence-electron chi connectivity index (χ0n) is 12.5. The molecule has 22 heavy (non-hydrogen) atoms. The quantitative estimate of drug-likeness (QED) is 0.815. The summed E-state index contributed by atoms with van der Waals surface area (Å²) in [6.45, 7) is 3.63. The first-order valence-electron chi connectivity index (χ1n) is 6.89. The van der Waals surface area contributed by atoms with Gasteiger partial charge in [0.15, 0.2) is 5.75 Å². The number of aryl methyl sites for hydroxylation is 1. The van der Waals surface area contributed by atoms with E-state index >= 15 is 0 Å². The van der Waals surface area contributed by atoms with Gasteiger partial charge in [-0.25, -0.2) is 0 Å². The number of amides is 1. The lowest BCUT2D eigenvalue weighted by Crippen LogP contribution is -2.33. The highest BCUT2D eigenvalue weighted by molar-refractivity contribution is 6.04. The number of phenols is 1. The van der Waals surface area contributed by atoms with Crippen molar-refractivity contribution < 1.29 is 9.90 Å². The van der Waals surface area contributed by atoms with E-state index in [2.05, 4.69) is 5.29 Å². The van der Waals surface area contributed by atoms with E-state index < -0.39 is 5.56 Å². The molecule has 0 fully saturated rings. The van der Waals surface area contributed by atoms with Gasteiger partial charge in [0, 0.05) is 24.9 Å². The summed E-state index contributed by atoms with van der Waals surface area (Å²) >= 11 is 0. The molecular weight excluding hydrogens is 286 g/mol. The summed E-state index contributed by atoms with van der Waals surface area (Å²) in [5, 5.41) is 13.9. The average Bonchev–Trinajstić information content (AvgIpc) is 2.46. The molecule has 7 heteroatoms. The summed E-state index contributed by atoms with van der Waals surface area (Å²) in [5.74, 6) is -0.455. The van der Waals surface area contributed by atoms with Crippen LogP contribution in [-0.4, -0.2) is 22.7 Å². The largest absolute Gasteiger partial charge is 0.504 e. The van der Waals surface area contributed by atoms with Crippen LogP contribution >= 0.6 is 0 Å². The Morgan fingerprint density at radius 2 is 2.00 bits per heavy atom. The van der Waals surface area contributed by atoms with E-state index in [9.17, 15) is 19.6 Å². The molecule has 114 valence electrons. The molecule has 0 saturated carbocycles. The topological polar surface area (TPSA) is 92.0 Å². The Bertz CT molecular complexity index is 885. The molecule has 1 aliphatic rings. The van der Waals surface area contributed by atoms with Crippen LogP contribution in [0.2, 0.25) is 0 Å². The van der Waals surface area contributed by atoms with Crippen molar-refractivity contribution in [2.75, 3.05) is 11.9 Å². The SMILES string of the molecule is Cc1cc(=O)n(N=O)c2c(O)c3c(cc12)C(C)CC(=O)N3C. The molecule has 2 heterocycles. The fourth-order valence-electron chi connectivity index (χ4n) is 3.06. The Morgan fingerprint density at radius 1 is 1.32 bits per heavy atom. The Labute approximate surface area is 125 Å². The van der Waals surface area contributed by atoms with Gasteiger partial charge in [0.25, 0.3) is 5.56 Å². The van der Waals surface area contributed by atoms with Gasteiger partial charge in [-0.05, 0) is 30.0 Å². The maximum Gasteiger partial charge on any atom is 0.274 e. The zero-order chi connectivity index (χ0) is 16.2. The molecule has 1 N–H and O–H groups in total. The summed E-state index contributed by atoms with van der Waals surface area (Å²) in [6.07, 6.45) is 0.346. The highest BCUT2D eigenvalue weighted by Gasteiger charge is 2.31. The van der Waals surface area contributed by atoms with E-state index in [0.717, 1.165) is 5.56 Å². The van der Waals surface area contributed by atoms with Crippen molar-refractivity contribution in [2.24, 2.45) is 5.29 Å². The van der Waals surface area contributed by atoms with Crippen LogP contribution in [0.1, 0.15) is 30.4 Å². The summed E-state index contributed by atoms with van der Waals surface area (Å²) in [6, 6.07) is 3.12. The van der Waals surface area contributed by atoms with Gasteiger partial charge in [-0.3, -0.25) is 9.59 Å². The van der Waals surface area contributed by atoms with Crippen LogP contribution in [0.5, 0.6) is 5.75 Å². The fourth-order valence-corrected chi connectivity index (χ4v) is 3.06. The number of aromatic hydroxyl groups is 1. The van der Waals surface area contributed by atoms with Crippen molar-refractivity contribution in [3.63, 3.8) is 0 Å². The first-order valence-corrected chi connectivity index (χ1v) is 6.89. The monoisotopic (exact) mass is 301 g/mol. The lowest BCUT2D eigenvalue weighted by molar-refractivity contribution is -0.119. The van der Waals surface area contributed by atoms with Crippen molar-refractivity contribution >= 4 is 22.5 Å². The molecule has 0 saturated heterocycles. The van der Waals surface area contributed by atoms with Crippen molar-refractivity contribution in [3.8, 4) is 5.75 Å². The first-order chi connectivity index (χ1) is 10.4. The van der Waals surface area contributed by atoms with Crippen LogP contribution < -0.4 is 10.5 Å². The van der Waals surface area contributed by atoms with E-state index in [1.165, 1.54) is 11.0 Å². The number of phenolic OH excluding ortho intramolecular Hbond substituents is 1. The Hall–Kier alpha value is -2.70. The Morgan fingerprint density at radius 3 is 2.64 bits per heavy atom. The molecule has 1 amide bonds. The minimum atomic E-state index is -0.618. The lowest BCUT2D eigenvalue weighted by atomic mass is 9.88. The standard InChI is InChI=1S/C15H15N3O4/c1-7-4-11(19)17(3)13-9(7)6-10-8(2)5-12(20)18(16-22)14(10)15(13)21/h5-7,21H,4H2,1-3H3. The third kappa shape index (κ3) is 1.75. The van der Waals surface area contributed by atoms with Crippen LogP contribution in [0.4, 0.5) is 5.69 Å². The predicted molar refractivity (Wildman–Crippen MR) is 82.2 cm³/mol. The molecule has 0 spiro atoms. The first kappa shape index (κ1) is 14.2. The third-order valence-electron chi connectivity index (χ3n) is 4.27. The number of aromatic nitrogens is 1. The van der Waals surface area contributed by atoms with Gasteiger partial charge < -0.3 is 10.0 Å². The molecule has 0 aliphatic carbocycles. The van der Waals surface area contributed by atoms with Crippen molar-refractivity contribution in [1.29, 1.82) is 0 Å². The number of benzene rings is 1. The molecular formula is C15H15N3O4. The van der Waals surface area contributed by atoms with Gasteiger partial charge in [0.2, 0.25) is 5.91 Å². The second-order valence-corrected chi connectivity index (χ2v) is 5.68. The number of hydrogen-bond donors (Lipinski definition) is 1. The number of hydrogen-bond acceptors (Lipinski definition) is 5. The summed E-state index contributed by atoms with van der Waals surface area (Å²) in [7, 11) is 1.56. The maximum absolute atomic E-state index is 12.0. The van der Waals surface area contributed by atoms with Crippen molar-refractivity contribution in [1.82, 2.24) is 4.68 Å². The summed E-state index contributed by atoms with van der Waals surface area (Å²) in [4.78, 5) is 36.3. The van der Waals surface area contributed by atoms with E-state index in [-0.39, 0.29) is 23.1 Å². The minimum Gasteiger partial charge on any atom is -0.504 e. The van der Waals surface area contributed by atoms with Gasteiger partial charge in [-0.1, -0.05) is 6.92 Å². The molecule has 1 unspecified atom stereocenters. The number of carbonyl (C=O) groups excluding carboxylic acids is 1.